The minimum absolute atomic E-state index is 0.0644. The Morgan fingerprint density at radius 2 is 2.00 bits per heavy atom. The minimum atomic E-state index is -1.06. The van der Waals surface area contributed by atoms with E-state index >= 15 is 0 Å². The van der Waals surface area contributed by atoms with Crippen LogP contribution in [0.25, 0.3) is 0 Å². The molecule has 110 valence electrons. The van der Waals surface area contributed by atoms with Crippen LogP contribution in [0.4, 0.5) is 15.8 Å². The number of benzene rings is 2. The van der Waals surface area contributed by atoms with Crippen LogP contribution in [0.3, 0.4) is 0 Å². The molecule has 0 heterocycles. The molecule has 5 heteroatoms. The normalized spacial score (nSPS) is 12.0. The van der Waals surface area contributed by atoms with Crippen molar-refractivity contribution >= 4 is 17.3 Å². The average Bonchev–Trinajstić information content (AvgIpc) is 2.41. The lowest BCUT2D eigenvalue weighted by molar-refractivity contribution is 0.0698. The number of nitrogen functional groups attached to an aromatic ring is 1. The highest BCUT2D eigenvalue weighted by atomic mass is 19.1. The number of hydrogen-bond donors (Lipinski definition) is 3. The summed E-state index contributed by atoms with van der Waals surface area (Å²) < 4.78 is 13.6. The Bertz CT molecular complexity index is 686. The van der Waals surface area contributed by atoms with Gasteiger partial charge in [0.1, 0.15) is 5.82 Å². The molecule has 0 saturated heterocycles. The van der Waals surface area contributed by atoms with Crippen molar-refractivity contribution < 1.29 is 14.3 Å². The number of aryl methyl sites for hydroxylation is 1. The standard InChI is InChI=1S/C16H17FN2O2/c1-9-3-4-11(7-14(9)17)10(2)19-12-5-6-13(16(20)21)15(18)8-12/h3-8,10,19H,18H2,1-2H3,(H,20,21). The highest BCUT2D eigenvalue weighted by Gasteiger charge is 2.11. The first-order valence-electron chi connectivity index (χ1n) is 6.54. The zero-order valence-corrected chi connectivity index (χ0v) is 11.9. The Kier molecular flexibility index (Phi) is 4.12. The van der Waals surface area contributed by atoms with Gasteiger partial charge in [0, 0.05) is 17.4 Å². The van der Waals surface area contributed by atoms with E-state index in [1.54, 1.807) is 25.1 Å². The Balaban J connectivity index is 2.19. The first-order chi connectivity index (χ1) is 9.88. The Morgan fingerprint density at radius 1 is 1.29 bits per heavy atom. The largest absolute Gasteiger partial charge is 0.478 e. The molecule has 0 saturated carbocycles. The zero-order chi connectivity index (χ0) is 15.6. The molecule has 0 fully saturated rings. The second-order valence-corrected chi connectivity index (χ2v) is 4.98. The number of anilines is 2. The van der Waals surface area contributed by atoms with E-state index in [9.17, 15) is 9.18 Å². The second kappa shape index (κ2) is 5.83. The summed E-state index contributed by atoms with van der Waals surface area (Å²) in [5.74, 6) is -1.31. The molecule has 21 heavy (non-hydrogen) atoms. The van der Waals surface area contributed by atoms with Crippen molar-refractivity contribution in [3.05, 3.63) is 58.9 Å². The summed E-state index contributed by atoms with van der Waals surface area (Å²) in [4.78, 5) is 10.9. The third-order valence-electron chi connectivity index (χ3n) is 3.36. The predicted molar refractivity (Wildman–Crippen MR) is 81.0 cm³/mol. The SMILES string of the molecule is Cc1ccc(C(C)Nc2ccc(C(=O)O)c(N)c2)cc1F. The van der Waals surface area contributed by atoms with Crippen molar-refractivity contribution in [1.29, 1.82) is 0 Å². The molecule has 0 bridgehead atoms. The lowest BCUT2D eigenvalue weighted by atomic mass is 10.1. The number of hydrogen-bond acceptors (Lipinski definition) is 3. The van der Waals surface area contributed by atoms with Crippen LogP contribution in [-0.2, 0) is 0 Å². The number of aromatic carboxylic acids is 1. The summed E-state index contributed by atoms with van der Waals surface area (Å²) in [6, 6.07) is 9.58. The van der Waals surface area contributed by atoms with Crippen LogP contribution in [0.5, 0.6) is 0 Å². The molecule has 0 aliphatic rings. The molecule has 1 atom stereocenters. The van der Waals surface area contributed by atoms with Gasteiger partial charge in [-0.15, -0.1) is 0 Å². The first kappa shape index (κ1) is 14.8. The molecule has 0 aromatic heterocycles. The topological polar surface area (TPSA) is 75.3 Å². The van der Waals surface area contributed by atoms with E-state index in [1.165, 1.54) is 12.1 Å². The number of nitrogens with one attached hydrogen (secondary N) is 1. The van der Waals surface area contributed by atoms with E-state index in [4.69, 9.17) is 10.8 Å². The quantitative estimate of drug-likeness (QED) is 0.752. The van der Waals surface area contributed by atoms with Gasteiger partial charge < -0.3 is 16.2 Å². The van der Waals surface area contributed by atoms with Gasteiger partial charge in [-0.1, -0.05) is 12.1 Å². The fraction of sp³-hybridized carbons (Fsp3) is 0.188. The second-order valence-electron chi connectivity index (χ2n) is 4.98. The maximum Gasteiger partial charge on any atom is 0.337 e. The lowest BCUT2D eigenvalue weighted by Gasteiger charge is -2.17. The van der Waals surface area contributed by atoms with Crippen molar-refractivity contribution in [1.82, 2.24) is 0 Å². The molecule has 0 radical (unpaired) electrons. The van der Waals surface area contributed by atoms with E-state index in [0.717, 1.165) is 5.56 Å². The Morgan fingerprint density at radius 3 is 2.57 bits per heavy atom. The number of nitrogens with two attached hydrogens (primary N) is 1. The Labute approximate surface area is 122 Å². The van der Waals surface area contributed by atoms with Crippen molar-refractivity contribution in [3.63, 3.8) is 0 Å². The maximum atomic E-state index is 13.6. The first-order valence-corrected chi connectivity index (χ1v) is 6.54. The van der Waals surface area contributed by atoms with Gasteiger partial charge in [0.15, 0.2) is 0 Å². The molecule has 0 spiro atoms. The summed E-state index contributed by atoms with van der Waals surface area (Å²) in [5, 5.41) is 12.1. The molecule has 2 aromatic rings. The van der Waals surface area contributed by atoms with Gasteiger partial charge in [-0.05, 0) is 49.2 Å². The smallest absolute Gasteiger partial charge is 0.337 e. The molecular formula is C16H17FN2O2. The van der Waals surface area contributed by atoms with Crippen LogP contribution < -0.4 is 11.1 Å². The van der Waals surface area contributed by atoms with Crippen molar-refractivity contribution in [2.24, 2.45) is 0 Å². The van der Waals surface area contributed by atoms with Crippen LogP contribution in [0.2, 0.25) is 0 Å². The van der Waals surface area contributed by atoms with E-state index < -0.39 is 5.97 Å². The average molecular weight is 288 g/mol. The summed E-state index contributed by atoms with van der Waals surface area (Å²) in [5.41, 5.74) is 8.04. The summed E-state index contributed by atoms with van der Waals surface area (Å²) in [7, 11) is 0. The van der Waals surface area contributed by atoms with Gasteiger partial charge in [-0.2, -0.15) is 0 Å². The van der Waals surface area contributed by atoms with E-state index in [2.05, 4.69) is 5.32 Å². The summed E-state index contributed by atoms with van der Waals surface area (Å²) >= 11 is 0. The van der Waals surface area contributed by atoms with E-state index in [0.29, 0.717) is 11.3 Å². The number of carboxylic acid groups (broad SMARTS) is 1. The molecule has 1 unspecified atom stereocenters. The fourth-order valence-corrected chi connectivity index (χ4v) is 2.06. The minimum Gasteiger partial charge on any atom is -0.478 e. The number of carbonyl (C=O) groups is 1. The molecule has 2 aromatic carbocycles. The van der Waals surface area contributed by atoms with E-state index in [-0.39, 0.29) is 23.1 Å². The Hall–Kier alpha value is -2.56. The van der Waals surface area contributed by atoms with Crippen molar-refractivity contribution in [2.75, 3.05) is 11.1 Å². The fourth-order valence-electron chi connectivity index (χ4n) is 2.06. The maximum absolute atomic E-state index is 13.6. The van der Waals surface area contributed by atoms with Crippen molar-refractivity contribution in [3.8, 4) is 0 Å². The molecule has 0 amide bonds. The highest BCUT2D eigenvalue weighted by molar-refractivity contribution is 5.94. The van der Waals surface area contributed by atoms with Crippen LogP contribution in [0.1, 0.15) is 34.5 Å². The van der Waals surface area contributed by atoms with Gasteiger partial charge in [-0.25, -0.2) is 9.18 Å². The number of rotatable bonds is 4. The van der Waals surface area contributed by atoms with E-state index in [1.807, 2.05) is 13.0 Å². The monoisotopic (exact) mass is 288 g/mol. The summed E-state index contributed by atoms with van der Waals surface area (Å²) in [6.07, 6.45) is 0. The van der Waals surface area contributed by atoms with Crippen LogP contribution in [0.15, 0.2) is 36.4 Å². The van der Waals surface area contributed by atoms with Crippen molar-refractivity contribution in [2.45, 2.75) is 19.9 Å². The number of carboxylic acids is 1. The van der Waals surface area contributed by atoms with Crippen LogP contribution in [0, 0.1) is 12.7 Å². The third-order valence-corrected chi connectivity index (χ3v) is 3.36. The van der Waals surface area contributed by atoms with Crippen LogP contribution in [-0.4, -0.2) is 11.1 Å². The van der Waals surface area contributed by atoms with Gasteiger partial charge in [0.2, 0.25) is 0 Å². The van der Waals surface area contributed by atoms with Gasteiger partial charge >= 0.3 is 5.97 Å². The highest BCUT2D eigenvalue weighted by Crippen LogP contribution is 2.24. The molecular weight excluding hydrogens is 271 g/mol. The molecule has 2 rings (SSSR count). The van der Waals surface area contributed by atoms with Gasteiger partial charge in [-0.3, -0.25) is 0 Å². The van der Waals surface area contributed by atoms with Gasteiger partial charge in [0.25, 0.3) is 0 Å². The lowest BCUT2D eigenvalue weighted by Crippen LogP contribution is -2.09. The molecule has 0 aliphatic carbocycles. The molecule has 0 aliphatic heterocycles. The molecule has 4 N–H and O–H groups in total. The third kappa shape index (κ3) is 3.31. The van der Waals surface area contributed by atoms with Crippen LogP contribution >= 0.6 is 0 Å². The van der Waals surface area contributed by atoms with Gasteiger partial charge in [0.05, 0.1) is 5.56 Å². The number of halogens is 1. The zero-order valence-electron chi connectivity index (χ0n) is 11.9. The molecule has 4 nitrogen and oxygen atoms in total. The predicted octanol–water partition coefficient (Wildman–Crippen LogP) is 3.59. The summed E-state index contributed by atoms with van der Waals surface area (Å²) in [6.45, 7) is 3.61.